The molecule has 1 atom stereocenters. The molecule has 0 saturated carbocycles. The van der Waals surface area contributed by atoms with Crippen LogP contribution in [0.3, 0.4) is 0 Å². The van der Waals surface area contributed by atoms with Crippen molar-refractivity contribution in [2.75, 3.05) is 13.1 Å². The molecule has 1 saturated heterocycles. The molecule has 8 nitrogen and oxygen atoms in total. The molecule has 210 valence electrons. The second-order valence-electron chi connectivity index (χ2n) is 9.40. The van der Waals surface area contributed by atoms with Crippen molar-refractivity contribution in [2.45, 2.75) is 61.2 Å². The maximum absolute atomic E-state index is 13.3. The van der Waals surface area contributed by atoms with Gasteiger partial charge < -0.3 is 14.6 Å². The van der Waals surface area contributed by atoms with Crippen LogP contribution in [0.15, 0.2) is 41.7 Å². The van der Waals surface area contributed by atoms with Crippen molar-refractivity contribution in [1.82, 2.24) is 14.9 Å². The summed E-state index contributed by atoms with van der Waals surface area (Å²) in [5.41, 5.74) is -0.854. The van der Waals surface area contributed by atoms with Crippen LogP contribution in [-0.4, -0.2) is 65.3 Å². The molecule has 1 N–H and O–H groups in total. The number of carbonyl (C=O) groups excluding carboxylic acids is 2. The standard InChI is InChI=1S/C23H25F6N3O5S/c1-21(2,38(35,36)17-5-3-4-15(10-17)22(24,25)26)14-6-8-32(9-7-14)19(33)18(11-16-12-30-13-31-16)37-20(34)23(27,28)29/h3-5,10,12-14,18H,6-9,11H2,1-2H3,(H,30,31)/t18-/m0/s1. The molecule has 0 radical (unpaired) electrons. The molecule has 1 amide bonds. The van der Waals surface area contributed by atoms with Crippen LogP contribution in [0.2, 0.25) is 0 Å². The number of carbonyl (C=O) groups is 2. The molecule has 1 aliphatic heterocycles. The number of esters is 1. The van der Waals surface area contributed by atoms with Gasteiger partial charge in [-0.15, -0.1) is 0 Å². The zero-order valence-corrected chi connectivity index (χ0v) is 21.1. The third-order valence-electron chi connectivity index (χ3n) is 6.67. The van der Waals surface area contributed by atoms with E-state index >= 15 is 0 Å². The Hall–Kier alpha value is -3.10. The zero-order valence-electron chi connectivity index (χ0n) is 20.3. The molecule has 0 spiro atoms. The Morgan fingerprint density at radius 1 is 1.13 bits per heavy atom. The Bertz CT molecular complexity index is 1250. The predicted octanol–water partition coefficient (Wildman–Crippen LogP) is 3.94. The van der Waals surface area contributed by atoms with Gasteiger partial charge in [0.25, 0.3) is 5.91 Å². The van der Waals surface area contributed by atoms with E-state index in [1.807, 2.05) is 0 Å². The SMILES string of the molecule is CC(C)(C1CCN(C(=O)[C@H](Cc2cnc[nH]2)OC(=O)C(F)(F)F)CC1)S(=O)(=O)c1cccc(C(F)(F)F)c1. The first-order valence-corrected chi connectivity index (χ1v) is 12.9. The van der Waals surface area contributed by atoms with Crippen LogP contribution >= 0.6 is 0 Å². The Balaban J connectivity index is 1.75. The highest BCUT2D eigenvalue weighted by atomic mass is 32.2. The molecule has 2 aromatic rings. The predicted molar refractivity (Wildman–Crippen MR) is 120 cm³/mol. The van der Waals surface area contributed by atoms with Gasteiger partial charge in [-0.1, -0.05) is 6.07 Å². The number of piperidine rings is 1. The van der Waals surface area contributed by atoms with Crippen molar-refractivity contribution >= 4 is 21.7 Å². The number of H-pyrrole nitrogens is 1. The molecule has 1 aliphatic rings. The highest BCUT2D eigenvalue weighted by Gasteiger charge is 2.47. The highest BCUT2D eigenvalue weighted by molar-refractivity contribution is 7.92. The van der Waals surface area contributed by atoms with Gasteiger partial charge in [0, 0.05) is 31.4 Å². The quantitative estimate of drug-likeness (QED) is 0.400. The van der Waals surface area contributed by atoms with Crippen LogP contribution in [-0.2, 0) is 36.8 Å². The fourth-order valence-corrected chi connectivity index (χ4v) is 6.15. The number of alkyl halides is 6. The topological polar surface area (TPSA) is 109 Å². The summed E-state index contributed by atoms with van der Waals surface area (Å²) < 4.78 is 107. The monoisotopic (exact) mass is 569 g/mol. The van der Waals surface area contributed by atoms with Gasteiger partial charge in [0.1, 0.15) is 0 Å². The summed E-state index contributed by atoms with van der Waals surface area (Å²) in [6.45, 7) is 2.65. The lowest BCUT2D eigenvalue weighted by atomic mass is 9.85. The Morgan fingerprint density at radius 3 is 2.29 bits per heavy atom. The van der Waals surface area contributed by atoms with Crippen LogP contribution in [0.4, 0.5) is 26.3 Å². The average Bonchev–Trinajstić information content (AvgIpc) is 3.35. The number of ether oxygens (including phenoxy) is 1. The lowest BCUT2D eigenvalue weighted by Crippen LogP contribution is -2.51. The van der Waals surface area contributed by atoms with Gasteiger partial charge in [-0.2, -0.15) is 26.3 Å². The Morgan fingerprint density at radius 2 is 1.76 bits per heavy atom. The van der Waals surface area contributed by atoms with E-state index < -0.39 is 67.7 Å². The number of aromatic amines is 1. The fourth-order valence-electron chi connectivity index (χ4n) is 4.33. The van der Waals surface area contributed by atoms with E-state index in [0.717, 1.165) is 18.2 Å². The summed E-state index contributed by atoms with van der Waals surface area (Å²) in [5.74, 6) is -4.01. The van der Waals surface area contributed by atoms with Crippen LogP contribution in [0.1, 0.15) is 37.9 Å². The van der Waals surface area contributed by atoms with E-state index in [-0.39, 0.29) is 31.6 Å². The first-order chi connectivity index (χ1) is 17.4. The van der Waals surface area contributed by atoms with E-state index in [2.05, 4.69) is 14.7 Å². The summed E-state index contributed by atoms with van der Waals surface area (Å²) in [6, 6.07) is 3.43. The number of amides is 1. The van der Waals surface area contributed by atoms with Gasteiger partial charge in [-0.25, -0.2) is 18.2 Å². The van der Waals surface area contributed by atoms with E-state index in [4.69, 9.17) is 0 Å². The van der Waals surface area contributed by atoms with E-state index in [1.54, 1.807) is 0 Å². The van der Waals surface area contributed by atoms with Gasteiger partial charge in [0.05, 0.1) is 21.5 Å². The molecule has 15 heteroatoms. The number of sulfone groups is 1. The molecular weight excluding hydrogens is 544 g/mol. The van der Waals surface area contributed by atoms with Crippen molar-refractivity contribution < 1.29 is 49.1 Å². The molecule has 1 fully saturated rings. The second kappa shape index (κ2) is 10.6. The number of benzene rings is 1. The summed E-state index contributed by atoms with van der Waals surface area (Å²) in [6.07, 6.45) is -9.55. The molecule has 3 rings (SSSR count). The molecule has 1 aromatic carbocycles. The van der Waals surface area contributed by atoms with Crippen LogP contribution in [0, 0.1) is 5.92 Å². The first kappa shape index (κ1) is 29.5. The number of imidazole rings is 1. The molecule has 38 heavy (non-hydrogen) atoms. The normalized spacial score (nSPS) is 16.8. The van der Waals surface area contributed by atoms with Gasteiger partial charge in [-0.3, -0.25) is 4.79 Å². The van der Waals surface area contributed by atoms with Crippen molar-refractivity contribution in [3.8, 4) is 0 Å². The van der Waals surface area contributed by atoms with Crippen LogP contribution in [0.5, 0.6) is 0 Å². The largest absolute Gasteiger partial charge is 0.490 e. The van der Waals surface area contributed by atoms with Crippen LogP contribution < -0.4 is 0 Å². The van der Waals surface area contributed by atoms with Gasteiger partial charge in [-0.05, 0) is 50.8 Å². The van der Waals surface area contributed by atoms with Gasteiger partial charge in [0.15, 0.2) is 15.9 Å². The molecule has 0 bridgehead atoms. The van der Waals surface area contributed by atoms with E-state index in [0.29, 0.717) is 6.07 Å². The summed E-state index contributed by atoms with van der Waals surface area (Å²) in [4.78, 5) is 31.5. The summed E-state index contributed by atoms with van der Waals surface area (Å²) >= 11 is 0. The molecule has 2 heterocycles. The number of halogens is 6. The third-order valence-corrected chi connectivity index (χ3v) is 9.26. The van der Waals surface area contributed by atoms with E-state index in [9.17, 15) is 44.3 Å². The summed E-state index contributed by atoms with van der Waals surface area (Å²) in [5, 5.41) is 0. The third kappa shape index (κ3) is 6.30. The fraction of sp³-hybridized carbons (Fsp3) is 0.522. The number of hydrogen-bond acceptors (Lipinski definition) is 6. The molecule has 0 aliphatic carbocycles. The maximum Gasteiger partial charge on any atom is 0.490 e. The molecule has 1 aromatic heterocycles. The minimum Gasteiger partial charge on any atom is -0.445 e. The number of hydrogen-bond donors (Lipinski definition) is 1. The molecule has 0 unspecified atom stereocenters. The number of likely N-dealkylation sites (tertiary alicyclic amines) is 1. The first-order valence-electron chi connectivity index (χ1n) is 11.4. The number of rotatable bonds is 7. The number of aromatic nitrogens is 2. The number of nitrogens with zero attached hydrogens (tertiary/aromatic N) is 2. The van der Waals surface area contributed by atoms with Crippen molar-refractivity contribution in [1.29, 1.82) is 0 Å². The molecular formula is C23H25F6N3O5S. The number of nitrogens with one attached hydrogen (secondary N) is 1. The van der Waals surface area contributed by atoms with E-state index in [1.165, 1.54) is 31.3 Å². The van der Waals surface area contributed by atoms with Crippen molar-refractivity contribution in [2.24, 2.45) is 5.92 Å². The highest BCUT2D eigenvalue weighted by Crippen LogP contribution is 2.39. The van der Waals surface area contributed by atoms with Crippen molar-refractivity contribution in [3.05, 3.63) is 48.0 Å². The zero-order chi connectivity index (χ0) is 28.5. The minimum atomic E-state index is -5.32. The average molecular weight is 570 g/mol. The van der Waals surface area contributed by atoms with Crippen LogP contribution in [0.25, 0.3) is 0 Å². The maximum atomic E-state index is 13.3. The smallest absolute Gasteiger partial charge is 0.445 e. The minimum absolute atomic E-state index is 0.0614. The second-order valence-corrected chi connectivity index (χ2v) is 11.9. The Labute approximate surface area is 214 Å². The van der Waals surface area contributed by atoms with Gasteiger partial charge >= 0.3 is 18.3 Å². The lowest BCUT2D eigenvalue weighted by Gasteiger charge is -2.40. The Kier molecular flexibility index (Phi) is 8.20. The van der Waals surface area contributed by atoms with Gasteiger partial charge in [0.2, 0.25) is 0 Å². The lowest BCUT2D eigenvalue weighted by molar-refractivity contribution is -0.206. The summed E-state index contributed by atoms with van der Waals surface area (Å²) in [7, 11) is -4.25. The van der Waals surface area contributed by atoms with Crippen molar-refractivity contribution in [3.63, 3.8) is 0 Å².